The Labute approximate surface area is 155 Å². The molecule has 0 aliphatic carbocycles. The molecule has 2 rings (SSSR count). The molecule has 0 amide bonds. The Balaban J connectivity index is 1.99. The van der Waals surface area contributed by atoms with Crippen LogP contribution in [0.2, 0.25) is 0 Å². The van der Waals surface area contributed by atoms with Gasteiger partial charge in [-0.25, -0.2) is 4.39 Å². The van der Waals surface area contributed by atoms with E-state index < -0.39 is 17.6 Å². The molecule has 2 nitrogen and oxygen atoms in total. The Bertz CT molecular complexity index is 778. The second kappa shape index (κ2) is 7.61. The first-order valence-electron chi connectivity index (χ1n) is 7.98. The van der Waals surface area contributed by atoms with Gasteiger partial charge < -0.3 is 10.6 Å². The molecule has 0 aliphatic heterocycles. The number of thiocarbonyl (C=S) groups is 1. The third-order valence-corrected chi connectivity index (χ3v) is 4.08. The number of halogens is 4. The first-order chi connectivity index (χ1) is 12.0. The molecule has 0 unspecified atom stereocenters. The first-order valence-corrected chi connectivity index (χ1v) is 8.39. The van der Waals surface area contributed by atoms with E-state index in [0.717, 1.165) is 11.3 Å². The second-order valence-electron chi connectivity index (χ2n) is 6.91. The van der Waals surface area contributed by atoms with Gasteiger partial charge in [0.15, 0.2) is 5.11 Å². The van der Waals surface area contributed by atoms with Gasteiger partial charge in [0.05, 0.1) is 5.56 Å². The summed E-state index contributed by atoms with van der Waals surface area (Å²) in [5, 5.41) is 5.85. The van der Waals surface area contributed by atoms with Crippen LogP contribution >= 0.6 is 12.2 Å². The number of alkyl halides is 3. The van der Waals surface area contributed by atoms with E-state index in [1.54, 1.807) is 0 Å². The van der Waals surface area contributed by atoms with Crippen LogP contribution in [0.4, 0.5) is 23.2 Å². The molecule has 0 aromatic heterocycles. The van der Waals surface area contributed by atoms with Crippen molar-refractivity contribution in [1.29, 1.82) is 0 Å². The molecule has 140 valence electrons. The maximum Gasteiger partial charge on any atom is 0.419 e. The van der Waals surface area contributed by atoms with Crippen molar-refractivity contribution in [3.63, 3.8) is 0 Å². The van der Waals surface area contributed by atoms with Crippen LogP contribution in [0.25, 0.3) is 0 Å². The van der Waals surface area contributed by atoms with Crippen LogP contribution in [0, 0.1) is 5.82 Å². The van der Waals surface area contributed by atoms with Crippen molar-refractivity contribution < 1.29 is 17.6 Å². The van der Waals surface area contributed by atoms with Gasteiger partial charge in [-0.2, -0.15) is 13.2 Å². The third-order valence-electron chi connectivity index (χ3n) is 3.83. The molecule has 2 aromatic carbocycles. The van der Waals surface area contributed by atoms with E-state index in [1.807, 2.05) is 24.3 Å². The fourth-order valence-electron chi connectivity index (χ4n) is 2.34. The van der Waals surface area contributed by atoms with E-state index in [9.17, 15) is 17.6 Å². The summed E-state index contributed by atoms with van der Waals surface area (Å²) >= 11 is 5.12. The van der Waals surface area contributed by atoms with Gasteiger partial charge in [-0.1, -0.05) is 45.0 Å². The topological polar surface area (TPSA) is 24.1 Å². The summed E-state index contributed by atoms with van der Waals surface area (Å²) in [5.41, 5.74) is 0.534. The molecule has 2 aromatic rings. The fraction of sp³-hybridized carbons (Fsp3) is 0.316. The Kier molecular flexibility index (Phi) is 5.91. The van der Waals surface area contributed by atoms with Crippen molar-refractivity contribution in [2.45, 2.75) is 38.9 Å². The zero-order valence-corrected chi connectivity index (χ0v) is 15.5. The predicted octanol–water partition coefficient (Wildman–Crippen LogP) is 5.63. The maximum absolute atomic E-state index is 14.0. The van der Waals surface area contributed by atoms with Crippen LogP contribution in [0.3, 0.4) is 0 Å². The van der Waals surface area contributed by atoms with E-state index in [2.05, 4.69) is 31.4 Å². The van der Waals surface area contributed by atoms with Crippen molar-refractivity contribution in [2.24, 2.45) is 0 Å². The lowest BCUT2D eigenvalue weighted by molar-refractivity contribution is -0.140. The van der Waals surface area contributed by atoms with Gasteiger partial charge in [0.25, 0.3) is 0 Å². The second-order valence-corrected chi connectivity index (χ2v) is 7.32. The molecule has 0 bridgehead atoms. The Morgan fingerprint density at radius 2 is 1.62 bits per heavy atom. The molecule has 0 saturated heterocycles. The smallest absolute Gasteiger partial charge is 0.358 e. The summed E-state index contributed by atoms with van der Waals surface area (Å²) in [6, 6.07) is 10.8. The van der Waals surface area contributed by atoms with Crippen molar-refractivity contribution in [3.8, 4) is 0 Å². The van der Waals surface area contributed by atoms with Gasteiger partial charge in [-0.05, 0) is 41.4 Å². The van der Waals surface area contributed by atoms with Crippen LogP contribution in [-0.4, -0.2) is 5.11 Å². The molecular weight excluding hydrogens is 364 g/mol. The summed E-state index contributed by atoms with van der Waals surface area (Å²) in [6.45, 7) is 6.16. The van der Waals surface area contributed by atoms with Gasteiger partial charge in [0.2, 0.25) is 0 Å². The van der Waals surface area contributed by atoms with Gasteiger partial charge in [-0.3, -0.25) is 0 Å². The molecular formula is C19H20F4N2S. The summed E-state index contributed by atoms with van der Waals surface area (Å²) < 4.78 is 52.2. The molecule has 7 heteroatoms. The lowest BCUT2D eigenvalue weighted by Gasteiger charge is -2.19. The highest BCUT2D eigenvalue weighted by molar-refractivity contribution is 7.80. The number of hydrogen-bond donors (Lipinski definition) is 2. The molecule has 0 aliphatic rings. The Morgan fingerprint density at radius 3 is 2.15 bits per heavy atom. The molecule has 0 heterocycles. The standard InChI is InChI=1S/C19H20F4N2S/c1-18(2,3)13-7-9-14(10-8-13)25-17(26)24-11-12-5-4-6-15(16(12)20)19(21,22)23/h4-10H,11H2,1-3H3,(H2,24,25,26). The van der Waals surface area contributed by atoms with Crippen molar-refractivity contribution in [3.05, 3.63) is 65.0 Å². The summed E-state index contributed by atoms with van der Waals surface area (Å²) in [5.74, 6) is -1.29. The summed E-state index contributed by atoms with van der Waals surface area (Å²) in [6.07, 6.45) is -4.73. The van der Waals surface area contributed by atoms with Crippen molar-refractivity contribution in [1.82, 2.24) is 5.32 Å². The lowest BCUT2D eigenvalue weighted by Crippen LogP contribution is -2.28. The van der Waals surface area contributed by atoms with Gasteiger partial charge in [0.1, 0.15) is 5.82 Å². The Morgan fingerprint density at radius 1 is 1.00 bits per heavy atom. The van der Waals surface area contributed by atoms with E-state index in [4.69, 9.17) is 12.2 Å². The number of rotatable bonds is 3. The van der Waals surface area contributed by atoms with Gasteiger partial charge in [0, 0.05) is 17.8 Å². The monoisotopic (exact) mass is 384 g/mol. The average Bonchev–Trinajstić information content (AvgIpc) is 2.52. The summed E-state index contributed by atoms with van der Waals surface area (Å²) in [7, 11) is 0. The van der Waals surface area contributed by atoms with E-state index >= 15 is 0 Å². The van der Waals surface area contributed by atoms with Crippen LogP contribution in [0.1, 0.15) is 37.5 Å². The Hall–Kier alpha value is -2.15. The predicted molar refractivity (Wildman–Crippen MR) is 99.6 cm³/mol. The highest BCUT2D eigenvalue weighted by Crippen LogP contribution is 2.32. The maximum atomic E-state index is 14.0. The normalized spacial score (nSPS) is 12.0. The highest BCUT2D eigenvalue weighted by Gasteiger charge is 2.34. The zero-order valence-electron chi connectivity index (χ0n) is 14.7. The third kappa shape index (κ3) is 5.17. The minimum absolute atomic E-state index is 0.0261. The molecule has 0 spiro atoms. The lowest BCUT2D eigenvalue weighted by atomic mass is 9.87. The largest absolute Gasteiger partial charge is 0.419 e. The van der Waals surface area contributed by atoms with Crippen LogP contribution in [0.5, 0.6) is 0 Å². The summed E-state index contributed by atoms with van der Waals surface area (Å²) in [4.78, 5) is 0. The van der Waals surface area contributed by atoms with Gasteiger partial charge in [-0.15, -0.1) is 0 Å². The highest BCUT2D eigenvalue weighted by atomic mass is 32.1. The van der Waals surface area contributed by atoms with Gasteiger partial charge >= 0.3 is 6.18 Å². The number of anilines is 1. The average molecular weight is 384 g/mol. The number of nitrogens with one attached hydrogen (secondary N) is 2. The molecule has 26 heavy (non-hydrogen) atoms. The molecule has 0 saturated carbocycles. The van der Waals surface area contributed by atoms with E-state index in [-0.39, 0.29) is 22.6 Å². The van der Waals surface area contributed by atoms with Crippen LogP contribution < -0.4 is 10.6 Å². The number of benzene rings is 2. The molecule has 0 fully saturated rings. The van der Waals surface area contributed by atoms with E-state index in [0.29, 0.717) is 6.07 Å². The zero-order chi connectivity index (χ0) is 19.5. The first kappa shape index (κ1) is 20.2. The van der Waals surface area contributed by atoms with Crippen molar-refractivity contribution in [2.75, 3.05) is 5.32 Å². The number of hydrogen-bond acceptors (Lipinski definition) is 1. The molecule has 0 radical (unpaired) electrons. The quantitative estimate of drug-likeness (QED) is 0.530. The molecule has 2 N–H and O–H groups in total. The van der Waals surface area contributed by atoms with Crippen molar-refractivity contribution >= 4 is 23.0 Å². The fourth-order valence-corrected chi connectivity index (χ4v) is 2.53. The molecule has 0 atom stereocenters. The minimum atomic E-state index is -4.73. The SMILES string of the molecule is CC(C)(C)c1ccc(NC(=S)NCc2cccc(C(F)(F)F)c2F)cc1. The minimum Gasteiger partial charge on any atom is -0.358 e. The van der Waals surface area contributed by atoms with E-state index in [1.165, 1.54) is 12.1 Å². The van der Waals surface area contributed by atoms with Crippen LogP contribution in [-0.2, 0) is 18.1 Å². The van der Waals surface area contributed by atoms with Crippen LogP contribution in [0.15, 0.2) is 42.5 Å².